The van der Waals surface area contributed by atoms with Gasteiger partial charge in [0.1, 0.15) is 18.2 Å². The van der Waals surface area contributed by atoms with Crippen LogP contribution in [0.15, 0.2) is 87.0 Å². The summed E-state index contributed by atoms with van der Waals surface area (Å²) in [5.41, 5.74) is 3.59. The molecule has 0 spiro atoms. The number of nitrogens with one attached hydrogen (secondary N) is 1. The van der Waals surface area contributed by atoms with E-state index in [1.54, 1.807) is 0 Å². The zero-order valence-corrected chi connectivity index (χ0v) is 20.1. The number of anilines is 1. The topological polar surface area (TPSA) is 46.5 Å². The molecule has 168 valence electrons. The number of hydrazone groups is 1. The van der Waals surface area contributed by atoms with Gasteiger partial charge in [0.05, 0.1) is 20.7 Å². The second kappa shape index (κ2) is 9.93. The minimum atomic E-state index is -4.43. The van der Waals surface area contributed by atoms with Crippen molar-refractivity contribution < 1.29 is 17.9 Å². The van der Waals surface area contributed by atoms with Crippen LogP contribution in [0, 0.1) is 0 Å². The summed E-state index contributed by atoms with van der Waals surface area (Å²) in [6.45, 7) is 0.399. The molecule has 0 unspecified atom stereocenters. The van der Waals surface area contributed by atoms with Gasteiger partial charge in [-0.1, -0.05) is 36.4 Å². The van der Waals surface area contributed by atoms with Crippen molar-refractivity contribution in [3.8, 4) is 5.75 Å². The molecular formula is C24H16Br2F3N3O. The molecule has 4 nitrogen and oxygen atoms in total. The third kappa shape index (κ3) is 5.91. The maximum absolute atomic E-state index is 12.6. The number of fused-ring (bicyclic) bond motifs is 1. The quantitative estimate of drug-likeness (QED) is 0.187. The van der Waals surface area contributed by atoms with E-state index in [9.17, 15) is 13.2 Å². The van der Waals surface area contributed by atoms with Gasteiger partial charge in [0.2, 0.25) is 0 Å². The van der Waals surface area contributed by atoms with Gasteiger partial charge >= 0.3 is 6.18 Å². The number of aromatic nitrogens is 1. The molecule has 0 aliphatic heterocycles. The SMILES string of the molecule is FC(F)(F)c1ccc(N/N=C\c2cc(Br)c(OCc3ccc4ccccc4c3)c(Br)c2)nc1. The van der Waals surface area contributed by atoms with Gasteiger partial charge in [0, 0.05) is 6.20 Å². The van der Waals surface area contributed by atoms with E-state index in [-0.39, 0.29) is 5.82 Å². The highest BCUT2D eigenvalue weighted by Crippen LogP contribution is 2.35. The second-order valence-corrected chi connectivity index (χ2v) is 8.79. The Labute approximate surface area is 204 Å². The molecule has 33 heavy (non-hydrogen) atoms. The van der Waals surface area contributed by atoms with E-state index in [1.807, 2.05) is 30.3 Å². The zero-order chi connectivity index (χ0) is 23.4. The fourth-order valence-electron chi connectivity index (χ4n) is 3.08. The summed E-state index contributed by atoms with van der Waals surface area (Å²) in [6.07, 6.45) is -2.14. The lowest BCUT2D eigenvalue weighted by Gasteiger charge is -2.12. The lowest BCUT2D eigenvalue weighted by atomic mass is 10.1. The Bertz CT molecular complexity index is 1290. The first-order valence-corrected chi connectivity index (χ1v) is 11.3. The van der Waals surface area contributed by atoms with Gasteiger partial charge in [-0.25, -0.2) is 4.98 Å². The molecule has 0 bridgehead atoms. The van der Waals surface area contributed by atoms with E-state index in [0.29, 0.717) is 12.4 Å². The van der Waals surface area contributed by atoms with Gasteiger partial charge in [-0.15, -0.1) is 0 Å². The van der Waals surface area contributed by atoms with Crippen molar-refractivity contribution in [1.29, 1.82) is 0 Å². The van der Waals surface area contributed by atoms with Crippen molar-refractivity contribution in [3.05, 3.63) is 98.6 Å². The highest BCUT2D eigenvalue weighted by atomic mass is 79.9. The van der Waals surface area contributed by atoms with Crippen LogP contribution < -0.4 is 10.2 Å². The Balaban J connectivity index is 1.41. The third-order valence-corrected chi connectivity index (χ3v) is 5.88. The summed E-state index contributed by atoms with van der Waals surface area (Å²) in [7, 11) is 0. The number of pyridine rings is 1. The first-order chi connectivity index (χ1) is 15.8. The smallest absolute Gasteiger partial charge is 0.417 e. The summed E-state index contributed by atoms with van der Waals surface area (Å²) >= 11 is 7.04. The van der Waals surface area contributed by atoms with Crippen LogP contribution in [0.1, 0.15) is 16.7 Å². The summed E-state index contributed by atoms with van der Waals surface area (Å²) < 4.78 is 45.3. The summed E-state index contributed by atoms with van der Waals surface area (Å²) in [5, 5.41) is 6.36. The fraction of sp³-hybridized carbons (Fsp3) is 0.0833. The van der Waals surface area contributed by atoms with Crippen LogP contribution >= 0.6 is 31.9 Å². The molecule has 0 saturated carbocycles. The van der Waals surface area contributed by atoms with E-state index in [4.69, 9.17) is 4.74 Å². The van der Waals surface area contributed by atoms with Crippen molar-refractivity contribution in [1.82, 2.24) is 4.98 Å². The molecule has 1 aromatic heterocycles. The Kier molecular flexibility index (Phi) is 6.99. The Hall–Kier alpha value is -2.91. The number of benzene rings is 3. The minimum absolute atomic E-state index is 0.202. The molecule has 0 radical (unpaired) electrons. The molecule has 9 heteroatoms. The summed E-state index contributed by atoms with van der Waals surface area (Å²) in [6, 6.07) is 20.1. The first kappa shape index (κ1) is 23.3. The second-order valence-electron chi connectivity index (χ2n) is 7.08. The number of alkyl halides is 3. The maximum atomic E-state index is 12.6. The van der Waals surface area contributed by atoms with E-state index in [0.717, 1.165) is 37.7 Å². The highest BCUT2D eigenvalue weighted by Gasteiger charge is 2.30. The minimum Gasteiger partial charge on any atom is -0.487 e. The van der Waals surface area contributed by atoms with E-state index in [2.05, 4.69) is 71.6 Å². The average molecular weight is 579 g/mol. The average Bonchev–Trinajstić information content (AvgIpc) is 2.78. The third-order valence-electron chi connectivity index (χ3n) is 4.70. The van der Waals surface area contributed by atoms with Gasteiger partial charge in [-0.3, -0.25) is 5.43 Å². The van der Waals surface area contributed by atoms with Crippen LogP contribution in [-0.4, -0.2) is 11.2 Å². The molecule has 4 aromatic rings. The predicted molar refractivity (Wildman–Crippen MR) is 131 cm³/mol. The van der Waals surface area contributed by atoms with Crippen molar-refractivity contribution in [2.24, 2.45) is 5.10 Å². The zero-order valence-electron chi connectivity index (χ0n) is 16.9. The monoisotopic (exact) mass is 577 g/mol. The van der Waals surface area contributed by atoms with E-state index >= 15 is 0 Å². The lowest BCUT2D eigenvalue weighted by molar-refractivity contribution is -0.137. The molecule has 1 N–H and O–H groups in total. The molecule has 3 aromatic carbocycles. The molecule has 0 aliphatic rings. The van der Waals surface area contributed by atoms with Crippen LogP contribution in [0.25, 0.3) is 10.8 Å². The van der Waals surface area contributed by atoms with Crippen molar-refractivity contribution in [2.75, 3.05) is 5.43 Å². The van der Waals surface area contributed by atoms with Gasteiger partial charge in [0.25, 0.3) is 0 Å². The van der Waals surface area contributed by atoms with Crippen molar-refractivity contribution >= 4 is 54.7 Å². The Morgan fingerprint density at radius 2 is 1.67 bits per heavy atom. The van der Waals surface area contributed by atoms with Crippen LogP contribution in [0.3, 0.4) is 0 Å². The maximum Gasteiger partial charge on any atom is 0.417 e. The Morgan fingerprint density at radius 3 is 2.33 bits per heavy atom. The largest absolute Gasteiger partial charge is 0.487 e. The summed E-state index contributed by atoms with van der Waals surface area (Å²) in [4.78, 5) is 3.71. The Morgan fingerprint density at radius 1 is 0.939 bits per heavy atom. The molecule has 0 fully saturated rings. The molecular weight excluding hydrogens is 563 g/mol. The number of ether oxygens (including phenoxy) is 1. The van der Waals surface area contributed by atoms with Gasteiger partial charge in [-0.05, 0) is 84.1 Å². The van der Waals surface area contributed by atoms with Crippen molar-refractivity contribution in [2.45, 2.75) is 12.8 Å². The number of halogens is 5. The molecule has 0 saturated heterocycles. The van der Waals surface area contributed by atoms with E-state index in [1.165, 1.54) is 17.7 Å². The first-order valence-electron chi connectivity index (χ1n) is 9.71. The van der Waals surface area contributed by atoms with Crippen LogP contribution in [0.5, 0.6) is 5.75 Å². The highest BCUT2D eigenvalue weighted by molar-refractivity contribution is 9.11. The van der Waals surface area contributed by atoms with Crippen LogP contribution in [0.2, 0.25) is 0 Å². The van der Waals surface area contributed by atoms with Gasteiger partial charge < -0.3 is 4.74 Å². The number of rotatable bonds is 6. The summed E-state index contributed by atoms with van der Waals surface area (Å²) in [5.74, 6) is 0.852. The number of nitrogens with zero attached hydrogens (tertiary/aromatic N) is 2. The molecule has 1 heterocycles. The normalized spacial score (nSPS) is 11.8. The fourth-order valence-corrected chi connectivity index (χ4v) is 4.53. The predicted octanol–water partition coefficient (Wildman–Crippen LogP) is 7.80. The van der Waals surface area contributed by atoms with Gasteiger partial charge in [-0.2, -0.15) is 18.3 Å². The molecule has 0 amide bonds. The standard InChI is InChI=1S/C24H16Br2F3N3O/c25-20-10-16(12-31-32-22-8-7-19(13-30-22)24(27,28)29)11-21(26)23(20)33-14-15-5-6-17-3-1-2-4-18(17)9-15/h1-13H,14H2,(H,30,32)/b31-12-. The molecule has 0 aliphatic carbocycles. The van der Waals surface area contributed by atoms with Gasteiger partial charge in [0.15, 0.2) is 0 Å². The van der Waals surface area contributed by atoms with Crippen LogP contribution in [-0.2, 0) is 12.8 Å². The number of hydrogen-bond donors (Lipinski definition) is 1. The van der Waals surface area contributed by atoms with Crippen molar-refractivity contribution in [3.63, 3.8) is 0 Å². The molecule has 0 atom stereocenters. The van der Waals surface area contributed by atoms with E-state index < -0.39 is 11.7 Å². The lowest BCUT2D eigenvalue weighted by Crippen LogP contribution is -2.05. The van der Waals surface area contributed by atoms with Crippen LogP contribution in [0.4, 0.5) is 19.0 Å². The molecule has 4 rings (SSSR count). The number of hydrogen-bond acceptors (Lipinski definition) is 4.